The SMILES string of the molecule is CCOC(=O)c1cncc(C(O)C(O)C(=O)O)c1. The van der Waals surface area contributed by atoms with Gasteiger partial charge in [-0.25, -0.2) is 9.59 Å². The Morgan fingerprint density at radius 2 is 2.06 bits per heavy atom. The Hall–Kier alpha value is -1.99. The number of carbonyl (C=O) groups is 2. The molecule has 1 aromatic rings. The van der Waals surface area contributed by atoms with Gasteiger partial charge in [-0.15, -0.1) is 0 Å². The number of aromatic nitrogens is 1. The number of pyridine rings is 1. The fraction of sp³-hybridized carbons (Fsp3) is 0.364. The van der Waals surface area contributed by atoms with Crippen molar-refractivity contribution in [3.63, 3.8) is 0 Å². The molecule has 0 bridgehead atoms. The molecular weight excluding hydrogens is 242 g/mol. The lowest BCUT2D eigenvalue weighted by Gasteiger charge is -2.14. The zero-order chi connectivity index (χ0) is 13.7. The van der Waals surface area contributed by atoms with Gasteiger partial charge in [0.2, 0.25) is 0 Å². The normalized spacial score (nSPS) is 13.7. The summed E-state index contributed by atoms with van der Waals surface area (Å²) in [6.07, 6.45) is -1.25. The lowest BCUT2D eigenvalue weighted by molar-refractivity contribution is -0.153. The summed E-state index contributed by atoms with van der Waals surface area (Å²) in [6.45, 7) is 1.82. The molecule has 0 fully saturated rings. The molecule has 2 atom stereocenters. The van der Waals surface area contributed by atoms with Gasteiger partial charge in [-0.2, -0.15) is 0 Å². The summed E-state index contributed by atoms with van der Waals surface area (Å²) in [5.41, 5.74) is 0.0986. The van der Waals surface area contributed by atoms with E-state index in [0.29, 0.717) is 0 Å². The third-order valence-corrected chi connectivity index (χ3v) is 2.16. The fourth-order valence-electron chi connectivity index (χ4n) is 1.26. The minimum absolute atomic E-state index is 0.0236. The summed E-state index contributed by atoms with van der Waals surface area (Å²) in [5.74, 6) is -2.20. The first-order valence-corrected chi connectivity index (χ1v) is 5.18. The standard InChI is InChI=1S/C11H13NO6/c1-2-18-11(17)7-3-6(4-12-5-7)8(13)9(14)10(15)16/h3-5,8-9,13-14H,2H2,1H3,(H,15,16). The summed E-state index contributed by atoms with van der Waals surface area (Å²) < 4.78 is 4.73. The molecule has 0 saturated heterocycles. The van der Waals surface area contributed by atoms with Gasteiger partial charge < -0.3 is 20.1 Å². The molecule has 0 spiro atoms. The van der Waals surface area contributed by atoms with Crippen LogP contribution >= 0.6 is 0 Å². The van der Waals surface area contributed by atoms with Gasteiger partial charge >= 0.3 is 11.9 Å². The van der Waals surface area contributed by atoms with E-state index in [1.165, 1.54) is 18.5 Å². The van der Waals surface area contributed by atoms with E-state index in [0.717, 1.165) is 0 Å². The third kappa shape index (κ3) is 3.25. The zero-order valence-corrected chi connectivity index (χ0v) is 9.61. The molecule has 0 saturated carbocycles. The lowest BCUT2D eigenvalue weighted by atomic mass is 10.0. The summed E-state index contributed by atoms with van der Waals surface area (Å²) >= 11 is 0. The Bertz CT molecular complexity index is 447. The minimum Gasteiger partial charge on any atom is -0.479 e. The summed E-state index contributed by atoms with van der Waals surface area (Å²) in [7, 11) is 0. The van der Waals surface area contributed by atoms with E-state index in [2.05, 4.69) is 4.98 Å². The van der Waals surface area contributed by atoms with Crippen LogP contribution in [0.2, 0.25) is 0 Å². The predicted molar refractivity (Wildman–Crippen MR) is 58.8 cm³/mol. The summed E-state index contributed by atoms with van der Waals surface area (Å²) in [4.78, 5) is 25.6. The largest absolute Gasteiger partial charge is 0.479 e. The maximum Gasteiger partial charge on any atom is 0.339 e. The average Bonchev–Trinajstić information content (AvgIpc) is 2.37. The van der Waals surface area contributed by atoms with E-state index < -0.39 is 24.1 Å². The van der Waals surface area contributed by atoms with Gasteiger partial charge in [-0.05, 0) is 13.0 Å². The molecular formula is C11H13NO6. The molecule has 7 nitrogen and oxygen atoms in total. The maximum atomic E-state index is 11.4. The van der Waals surface area contributed by atoms with Crippen LogP contribution in [0.5, 0.6) is 0 Å². The highest BCUT2D eigenvalue weighted by Gasteiger charge is 2.26. The van der Waals surface area contributed by atoms with Crippen LogP contribution in [0.1, 0.15) is 28.9 Å². The highest BCUT2D eigenvalue weighted by molar-refractivity contribution is 5.89. The highest BCUT2D eigenvalue weighted by Crippen LogP contribution is 2.17. The molecule has 0 aromatic carbocycles. The van der Waals surface area contributed by atoms with E-state index in [1.54, 1.807) is 6.92 Å². The van der Waals surface area contributed by atoms with Crippen molar-refractivity contribution in [1.29, 1.82) is 0 Å². The third-order valence-electron chi connectivity index (χ3n) is 2.16. The molecule has 2 unspecified atom stereocenters. The average molecular weight is 255 g/mol. The van der Waals surface area contributed by atoms with Crippen LogP contribution in [0.4, 0.5) is 0 Å². The van der Waals surface area contributed by atoms with E-state index in [9.17, 15) is 19.8 Å². The number of nitrogens with zero attached hydrogens (tertiary/aromatic N) is 1. The minimum atomic E-state index is -1.98. The molecule has 18 heavy (non-hydrogen) atoms. The summed E-state index contributed by atoms with van der Waals surface area (Å²) in [5, 5.41) is 27.3. The Balaban J connectivity index is 2.94. The van der Waals surface area contributed by atoms with Gasteiger partial charge in [0.15, 0.2) is 6.10 Å². The number of hydrogen-bond acceptors (Lipinski definition) is 6. The monoisotopic (exact) mass is 255 g/mol. The van der Waals surface area contributed by atoms with Gasteiger partial charge in [-0.1, -0.05) is 0 Å². The van der Waals surface area contributed by atoms with Crippen LogP contribution < -0.4 is 0 Å². The van der Waals surface area contributed by atoms with E-state index in [1.807, 2.05) is 0 Å². The molecule has 0 aliphatic heterocycles. The second-order valence-corrected chi connectivity index (χ2v) is 3.46. The molecule has 1 rings (SSSR count). The maximum absolute atomic E-state index is 11.4. The molecule has 98 valence electrons. The molecule has 3 N–H and O–H groups in total. The number of carboxylic acid groups (broad SMARTS) is 1. The predicted octanol–water partition coefficient (Wildman–Crippen LogP) is -0.263. The van der Waals surface area contributed by atoms with Crippen LogP contribution in [0.25, 0.3) is 0 Å². The number of carboxylic acids is 1. The first-order valence-electron chi connectivity index (χ1n) is 5.18. The van der Waals surface area contributed by atoms with Crippen molar-refractivity contribution < 1.29 is 29.6 Å². The quantitative estimate of drug-likeness (QED) is 0.620. The van der Waals surface area contributed by atoms with Gasteiger partial charge in [0, 0.05) is 18.0 Å². The van der Waals surface area contributed by atoms with E-state index in [4.69, 9.17) is 9.84 Å². The lowest BCUT2D eigenvalue weighted by Crippen LogP contribution is -2.27. The number of carbonyl (C=O) groups excluding carboxylic acids is 1. The van der Waals surface area contributed by atoms with Crippen molar-refractivity contribution in [2.24, 2.45) is 0 Å². The van der Waals surface area contributed by atoms with Crippen LogP contribution in [0.15, 0.2) is 18.5 Å². The van der Waals surface area contributed by atoms with Gasteiger partial charge in [0.05, 0.1) is 12.2 Å². The van der Waals surface area contributed by atoms with Crippen LogP contribution in [0.3, 0.4) is 0 Å². The number of aliphatic carboxylic acids is 1. The smallest absolute Gasteiger partial charge is 0.339 e. The van der Waals surface area contributed by atoms with Gasteiger partial charge in [0.25, 0.3) is 0 Å². The van der Waals surface area contributed by atoms with Crippen LogP contribution in [-0.2, 0) is 9.53 Å². The summed E-state index contributed by atoms with van der Waals surface area (Å²) in [6, 6.07) is 1.22. The Kier molecular flexibility index (Phi) is 4.75. The number of esters is 1. The van der Waals surface area contributed by atoms with Crippen molar-refractivity contribution in [1.82, 2.24) is 4.98 Å². The van der Waals surface area contributed by atoms with Crippen molar-refractivity contribution in [2.45, 2.75) is 19.1 Å². The first-order chi connectivity index (χ1) is 8.47. The van der Waals surface area contributed by atoms with Crippen molar-refractivity contribution in [3.8, 4) is 0 Å². The molecule has 0 aliphatic carbocycles. The molecule has 1 heterocycles. The zero-order valence-electron chi connectivity index (χ0n) is 9.61. The van der Waals surface area contributed by atoms with Crippen molar-refractivity contribution >= 4 is 11.9 Å². The Morgan fingerprint density at radius 3 is 2.61 bits per heavy atom. The molecule has 0 radical (unpaired) electrons. The first kappa shape index (κ1) is 14.1. The van der Waals surface area contributed by atoms with Crippen molar-refractivity contribution in [3.05, 3.63) is 29.6 Å². The Labute approximate surface area is 103 Å². The van der Waals surface area contributed by atoms with Gasteiger partial charge in [-0.3, -0.25) is 4.98 Å². The highest BCUT2D eigenvalue weighted by atomic mass is 16.5. The second-order valence-electron chi connectivity index (χ2n) is 3.46. The number of aliphatic hydroxyl groups excluding tert-OH is 2. The molecule has 0 aliphatic rings. The number of rotatable bonds is 5. The molecule has 7 heteroatoms. The number of hydrogen-bond donors (Lipinski definition) is 3. The molecule has 0 amide bonds. The molecule has 1 aromatic heterocycles. The van der Waals surface area contributed by atoms with Crippen LogP contribution in [-0.4, -0.2) is 45.0 Å². The number of aliphatic hydroxyl groups is 2. The Morgan fingerprint density at radius 1 is 1.39 bits per heavy atom. The van der Waals surface area contributed by atoms with Crippen molar-refractivity contribution in [2.75, 3.05) is 6.61 Å². The van der Waals surface area contributed by atoms with E-state index in [-0.39, 0.29) is 17.7 Å². The fourth-order valence-corrected chi connectivity index (χ4v) is 1.26. The topological polar surface area (TPSA) is 117 Å². The number of ether oxygens (including phenoxy) is 1. The van der Waals surface area contributed by atoms with Gasteiger partial charge in [0.1, 0.15) is 6.10 Å². The van der Waals surface area contributed by atoms with E-state index >= 15 is 0 Å². The van der Waals surface area contributed by atoms with Crippen LogP contribution in [0, 0.1) is 0 Å². The second kappa shape index (κ2) is 6.08.